The number of aromatic nitrogens is 1. The first kappa shape index (κ1) is 23.3. The molecule has 1 aromatic heterocycles. The van der Waals surface area contributed by atoms with Crippen LogP contribution in [-0.4, -0.2) is 27.6 Å². The van der Waals surface area contributed by atoms with E-state index in [1.54, 1.807) is 30.3 Å². The molecule has 0 saturated heterocycles. The molecule has 2 aromatic carbocycles. The van der Waals surface area contributed by atoms with Crippen LogP contribution in [0.15, 0.2) is 65.6 Å². The summed E-state index contributed by atoms with van der Waals surface area (Å²) in [6, 6.07) is 14.6. The van der Waals surface area contributed by atoms with Crippen molar-refractivity contribution in [2.24, 2.45) is 10.9 Å². The predicted molar refractivity (Wildman–Crippen MR) is 108 cm³/mol. The molecule has 6 nitrogen and oxygen atoms in total. The van der Waals surface area contributed by atoms with Gasteiger partial charge in [-0.15, -0.1) is 0 Å². The second-order valence-corrected chi connectivity index (χ2v) is 7.43. The number of hydrogen-bond donors (Lipinski definition) is 2. The fraction of sp³-hybridized carbons (Fsp3) is 0.150. The van der Waals surface area contributed by atoms with E-state index in [4.69, 9.17) is 9.88 Å². The highest BCUT2D eigenvalue weighted by atomic mass is 32.2. The lowest BCUT2D eigenvalue weighted by molar-refractivity contribution is -0.140. The Balaban J connectivity index is 0.00000155. The summed E-state index contributed by atoms with van der Waals surface area (Å²) in [6.07, 6.45) is -4.73. The van der Waals surface area contributed by atoms with Gasteiger partial charge in [0.25, 0.3) is 0 Å². The summed E-state index contributed by atoms with van der Waals surface area (Å²) in [5, 5.41) is 5.09. The van der Waals surface area contributed by atoms with Gasteiger partial charge in [-0.05, 0) is 35.9 Å². The summed E-state index contributed by atoms with van der Waals surface area (Å²) in [6.45, 7) is 0. The van der Waals surface area contributed by atoms with Gasteiger partial charge in [-0.1, -0.05) is 42.5 Å². The van der Waals surface area contributed by atoms with Crippen LogP contribution in [-0.2, 0) is 16.2 Å². The minimum absolute atomic E-state index is 0.128. The van der Waals surface area contributed by atoms with Crippen LogP contribution in [0.25, 0.3) is 22.3 Å². The third kappa shape index (κ3) is 5.15. The molecule has 4 N–H and O–H groups in total. The number of pyridine rings is 1. The molecule has 0 radical (unpaired) electrons. The standard InChI is InChI=1S/C19H15F3N2O3S.CH5N/c1-27-16-11-15(12-7-9-14(10-8-12)28(23,25)26)17(13-5-3-2-4-6-13)18(24-16)19(20,21)22;1-2/h2-11H,1H3,(H2,23,25,26);2H2,1H3. The first-order chi connectivity index (χ1) is 14.1. The molecule has 0 atom stereocenters. The summed E-state index contributed by atoms with van der Waals surface area (Å²) in [7, 11) is -1.20. The fourth-order valence-corrected chi connectivity index (χ4v) is 3.30. The molecule has 0 aliphatic carbocycles. The van der Waals surface area contributed by atoms with E-state index < -0.39 is 21.9 Å². The number of alkyl halides is 3. The summed E-state index contributed by atoms with van der Waals surface area (Å²) < 4.78 is 69.1. The van der Waals surface area contributed by atoms with Crippen LogP contribution in [0.1, 0.15) is 5.69 Å². The topological polar surface area (TPSA) is 108 Å². The highest BCUT2D eigenvalue weighted by molar-refractivity contribution is 7.89. The molecule has 0 aliphatic heterocycles. The van der Waals surface area contributed by atoms with E-state index in [1.165, 1.54) is 44.5 Å². The van der Waals surface area contributed by atoms with Crippen LogP contribution in [0.2, 0.25) is 0 Å². The van der Waals surface area contributed by atoms with Gasteiger partial charge in [-0.2, -0.15) is 13.2 Å². The number of nitrogens with two attached hydrogens (primary N) is 2. The molecule has 3 rings (SSSR count). The van der Waals surface area contributed by atoms with Crippen LogP contribution in [0, 0.1) is 0 Å². The van der Waals surface area contributed by atoms with E-state index in [2.05, 4.69) is 10.7 Å². The van der Waals surface area contributed by atoms with Crippen molar-refractivity contribution in [3.63, 3.8) is 0 Å². The van der Waals surface area contributed by atoms with Crippen molar-refractivity contribution in [2.45, 2.75) is 11.1 Å². The molecule has 10 heteroatoms. The highest BCUT2D eigenvalue weighted by Crippen LogP contribution is 2.43. The Bertz CT molecular complexity index is 1100. The minimum atomic E-state index is -4.73. The normalized spacial score (nSPS) is 11.4. The van der Waals surface area contributed by atoms with Crippen molar-refractivity contribution in [3.05, 3.63) is 66.4 Å². The number of sulfonamides is 1. The van der Waals surface area contributed by atoms with Crippen molar-refractivity contribution >= 4 is 10.0 Å². The lowest BCUT2D eigenvalue weighted by Gasteiger charge is -2.18. The Kier molecular flexibility index (Phi) is 7.19. The second-order valence-electron chi connectivity index (χ2n) is 5.87. The molecular weight excluding hydrogens is 419 g/mol. The summed E-state index contributed by atoms with van der Waals surface area (Å²) >= 11 is 0. The van der Waals surface area contributed by atoms with Gasteiger partial charge in [0.1, 0.15) is 0 Å². The van der Waals surface area contributed by atoms with E-state index in [0.29, 0.717) is 11.1 Å². The van der Waals surface area contributed by atoms with E-state index >= 15 is 0 Å². The molecule has 0 spiro atoms. The zero-order valence-corrected chi connectivity index (χ0v) is 17.0. The number of methoxy groups -OCH3 is 1. The number of halogens is 3. The van der Waals surface area contributed by atoms with E-state index in [0.717, 1.165) is 0 Å². The Labute approximate surface area is 172 Å². The van der Waals surface area contributed by atoms with E-state index in [9.17, 15) is 21.6 Å². The van der Waals surface area contributed by atoms with Gasteiger partial charge in [-0.25, -0.2) is 18.5 Å². The van der Waals surface area contributed by atoms with Crippen molar-refractivity contribution in [2.75, 3.05) is 14.2 Å². The van der Waals surface area contributed by atoms with Crippen molar-refractivity contribution in [1.29, 1.82) is 0 Å². The van der Waals surface area contributed by atoms with Gasteiger partial charge in [-0.3, -0.25) is 0 Å². The smallest absolute Gasteiger partial charge is 0.434 e. The Morgan fingerprint density at radius 2 is 1.50 bits per heavy atom. The molecular formula is C20H20F3N3O3S. The molecule has 0 aliphatic rings. The third-order valence-corrected chi connectivity index (χ3v) is 4.96. The average molecular weight is 439 g/mol. The monoisotopic (exact) mass is 439 g/mol. The lowest BCUT2D eigenvalue weighted by Crippen LogP contribution is -2.13. The maximum atomic E-state index is 13.8. The second kappa shape index (κ2) is 9.24. The summed E-state index contributed by atoms with van der Waals surface area (Å²) in [5.74, 6) is -0.211. The summed E-state index contributed by atoms with van der Waals surface area (Å²) in [5.41, 5.74) is 4.15. The summed E-state index contributed by atoms with van der Waals surface area (Å²) in [4.78, 5) is 3.47. The fourth-order valence-electron chi connectivity index (χ4n) is 2.78. The minimum Gasteiger partial charge on any atom is -0.481 e. The maximum absolute atomic E-state index is 13.8. The Hall–Kier alpha value is -2.95. The third-order valence-electron chi connectivity index (χ3n) is 4.03. The van der Waals surface area contributed by atoms with Crippen LogP contribution in [0.5, 0.6) is 5.88 Å². The van der Waals surface area contributed by atoms with Crippen molar-refractivity contribution in [1.82, 2.24) is 4.98 Å². The predicted octanol–water partition coefficient (Wildman–Crippen LogP) is 3.67. The molecule has 0 bridgehead atoms. The van der Waals surface area contributed by atoms with Gasteiger partial charge in [0.05, 0.1) is 12.0 Å². The first-order valence-electron chi connectivity index (χ1n) is 8.54. The molecule has 0 unspecified atom stereocenters. The first-order valence-corrected chi connectivity index (χ1v) is 10.1. The van der Waals surface area contributed by atoms with Gasteiger partial charge in [0.2, 0.25) is 15.9 Å². The van der Waals surface area contributed by atoms with Crippen LogP contribution < -0.4 is 15.6 Å². The SMILES string of the molecule is CN.COc1cc(-c2ccc(S(N)(=O)=O)cc2)c(-c2ccccc2)c(C(F)(F)F)n1. The quantitative estimate of drug-likeness (QED) is 0.645. The number of hydrogen-bond acceptors (Lipinski definition) is 5. The number of ether oxygens (including phenoxy) is 1. The van der Waals surface area contributed by atoms with Gasteiger partial charge < -0.3 is 10.5 Å². The molecule has 160 valence electrons. The molecule has 0 saturated carbocycles. The highest BCUT2D eigenvalue weighted by Gasteiger charge is 2.38. The molecule has 3 aromatic rings. The number of rotatable bonds is 4. The number of nitrogens with zero attached hydrogens (tertiary/aromatic N) is 1. The number of benzene rings is 2. The zero-order valence-electron chi connectivity index (χ0n) is 16.1. The molecule has 0 fully saturated rings. The molecule has 1 heterocycles. The van der Waals surface area contributed by atoms with Crippen LogP contribution >= 0.6 is 0 Å². The van der Waals surface area contributed by atoms with E-state index in [1.807, 2.05) is 0 Å². The van der Waals surface area contributed by atoms with Crippen LogP contribution in [0.3, 0.4) is 0 Å². The molecule has 0 amide bonds. The van der Waals surface area contributed by atoms with E-state index in [-0.39, 0.29) is 21.9 Å². The molecule has 30 heavy (non-hydrogen) atoms. The largest absolute Gasteiger partial charge is 0.481 e. The van der Waals surface area contributed by atoms with Gasteiger partial charge in [0, 0.05) is 11.6 Å². The average Bonchev–Trinajstić information content (AvgIpc) is 2.73. The van der Waals surface area contributed by atoms with Crippen molar-refractivity contribution in [3.8, 4) is 28.1 Å². The Morgan fingerprint density at radius 1 is 0.933 bits per heavy atom. The van der Waals surface area contributed by atoms with Crippen molar-refractivity contribution < 1.29 is 26.3 Å². The Morgan fingerprint density at radius 3 is 1.97 bits per heavy atom. The van der Waals surface area contributed by atoms with Crippen LogP contribution in [0.4, 0.5) is 13.2 Å². The number of primary sulfonamides is 1. The van der Waals surface area contributed by atoms with Gasteiger partial charge in [0.15, 0.2) is 5.69 Å². The maximum Gasteiger partial charge on any atom is 0.434 e. The zero-order chi connectivity index (χ0) is 22.5. The van der Waals surface area contributed by atoms with Gasteiger partial charge >= 0.3 is 6.18 Å². The lowest BCUT2D eigenvalue weighted by atomic mass is 9.93.